The molecule has 0 aromatic rings. The molecule has 74 valence electrons. The van der Waals surface area contributed by atoms with Crippen LogP contribution in [0.25, 0.3) is 0 Å². The lowest BCUT2D eigenvalue weighted by Crippen LogP contribution is -2.38. The van der Waals surface area contributed by atoms with Crippen LogP contribution in [0.15, 0.2) is 0 Å². The van der Waals surface area contributed by atoms with E-state index >= 15 is 0 Å². The Balaban J connectivity index is 3.51. The predicted octanol–water partition coefficient (Wildman–Crippen LogP) is 0.114. The van der Waals surface area contributed by atoms with Crippen molar-refractivity contribution >= 4 is 10.8 Å². The van der Waals surface area contributed by atoms with Crippen molar-refractivity contribution in [2.45, 2.75) is 31.6 Å². The van der Waals surface area contributed by atoms with Crippen LogP contribution in [0.3, 0.4) is 0 Å². The fourth-order valence-electron chi connectivity index (χ4n) is 0.699. The first-order chi connectivity index (χ1) is 5.33. The summed E-state index contributed by atoms with van der Waals surface area (Å²) in [6.07, 6.45) is 1.69. The molecule has 2 unspecified atom stereocenters. The van der Waals surface area contributed by atoms with Crippen molar-refractivity contribution in [1.82, 2.24) is 5.32 Å². The number of rotatable bonds is 5. The highest BCUT2D eigenvalue weighted by molar-refractivity contribution is 7.84. The van der Waals surface area contributed by atoms with Crippen molar-refractivity contribution < 1.29 is 9.32 Å². The van der Waals surface area contributed by atoms with Crippen LogP contribution in [0.4, 0.5) is 0 Å². The van der Waals surface area contributed by atoms with Gasteiger partial charge in [-0.05, 0) is 20.8 Å². The van der Waals surface area contributed by atoms with Crippen molar-refractivity contribution in [3.63, 3.8) is 0 Å². The van der Waals surface area contributed by atoms with Gasteiger partial charge in [-0.25, -0.2) is 0 Å². The summed E-state index contributed by atoms with van der Waals surface area (Å²) in [4.78, 5) is 0. The number of nitrogens with one attached hydrogen (secondary N) is 1. The Hall–Kier alpha value is 0.0700. The van der Waals surface area contributed by atoms with E-state index in [2.05, 4.69) is 5.32 Å². The molecule has 0 radical (unpaired) electrons. The second-order valence-electron chi connectivity index (χ2n) is 3.75. The summed E-state index contributed by atoms with van der Waals surface area (Å²) in [5.41, 5.74) is -0.686. The van der Waals surface area contributed by atoms with E-state index in [0.29, 0.717) is 13.1 Å². The van der Waals surface area contributed by atoms with Crippen molar-refractivity contribution in [1.29, 1.82) is 0 Å². The molecule has 0 aliphatic heterocycles. The van der Waals surface area contributed by atoms with Crippen LogP contribution in [0.1, 0.15) is 20.8 Å². The molecule has 0 saturated heterocycles. The van der Waals surface area contributed by atoms with Gasteiger partial charge in [0, 0.05) is 35.4 Å². The molecule has 0 fully saturated rings. The van der Waals surface area contributed by atoms with Gasteiger partial charge >= 0.3 is 0 Å². The third-order valence-corrected chi connectivity index (χ3v) is 2.86. The van der Waals surface area contributed by atoms with Crippen molar-refractivity contribution in [2.75, 3.05) is 19.3 Å². The topological polar surface area (TPSA) is 49.3 Å². The van der Waals surface area contributed by atoms with Crippen molar-refractivity contribution in [3.8, 4) is 0 Å². The van der Waals surface area contributed by atoms with E-state index in [4.69, 9.17) is 0 Å². The Morgan fingerprint density at radius 2 is 2.08 bits per heavy atom. The molecule has 2 N–H and O–H groups in total. The molecule has 3 nitrogen and oxygen atoms in total. The minimum Gasteiger partial charge on any atom is -0.389 e. The standard InChI is InChI=1S/C8H19NO2S/c1-7(12(4)11)5-9-6-8(2,3)10/h7,9-10H,5-6H2,1-4H3. The Morgan fingerprint density at radius 1 is 1.58 bits per heavy atom. The van der Waals surface area contributed by atoms with Gasteiger partial charge in [0.2, 0.25) is 0 Å². The number of hydrogen-bond acceptors (Lipinski definition) is 3. The maximum Gasteiger partial charge on any atom is 0.0715 e. The molecular weight excluding hydrogens is 174 g/mol. The Morgan fingerprint density at radius 3 is 2.42 bits per heavy atom. The largest absolute Gasteiger partial charge is 0.389 e. The van der Waals surface area contributed by atoms with Crippen molar-refractivity contribution in [2.24, 2.45) is 0 Å². The molecule has 0 aliphatic carbocycles. The SMILES string of the molecule is CC(CNCC(C)(C)O)S(C)=O. The van der Waals surface area contributed by atoms with Gasteiger partial charge in [0.25, 0.3) is 0 Å². The molecule has 0 amide bonds. The average Bonchev–Trinajstić information content (AvgIpc) is 1.84. The van der Waals surface area contributed by atoms with E-state index in [-0.39, 0.29) is 5.25 Å². The molecule has 0 spiro atoms. The lowest BCUT2D eigenvalue weighted by molar-refractivity contribution is 0.0801. The van der Waals surface area contributed by atoms with E-state index in [0.717, 1.165) is 0 Å². The molecular formula is C8H19NO2S. The first-order valence-corrected chi connectivity index (χ1v) is 5.70. The van der Waals surface area contributed by atoms with Crippen LogP contribution < -0.4 is 5.32 Å². The van der Waals surface area contributed by atoms with Crippen LogP contribution in [0.2, 0.25) is 0 Å². The van der Waals surface area contributed by atoms with E-state index in [9.17, 15) is 9.32 Å². The first-order valence-electron chi connectivity index (χ1n) is 4.08. The van der Waals surface area contributed by atoms with Crippen LogP contribution in [-0.2, 0) is 10.8 Å². The number of aliphatic hydroxyl groups is 1. The summed E-state index contributed by atoms with van der Waals surface area (Å²) in [5, 5.41) is 12.5. The molecule has 0 aromatic carbocycles. The van der Waals surface area contributed by atoms with E-state index in [1.54, 1.807) is 20.1 Å². The summed E-state index contributed by atoms with van der Waals surface area (Å²) < 4.78 is 10.9. The highest BCUT2D eigenvalue weighted by atomic mass is 32.2. The fourth-order valence-corrected chi connectivity index (χ4v) is 1.05. The molecule has 12 heavy (non-hydrogen) atoms. The van der Waals surface area contributed by atoms with Crippen molar-refractivity contribution in [3.05, 3.63) is 0 Å². The monoisotopic (exact) mass is 193 g/mol. The molecule has 0 bridgehead atoms. The van der Waals surface area contributed by atoms with Gasteiger partial charge in [0.05, 0.1) is 5.60 Å². The predicted molar refractivity (Wildman–Crippen MR) is 52.7 cm³/mol. The Bertz CT molecular complexity index is 154. The minimum atomic E-state index is -0.783. The van der Waals surface area contributed by atoms with Gasteiger partial charge in [-0.15, -0.1) is 0 Å². The lowest BCUT2D eigenvalue weighted by atomic mass is 10.1. The zero-order chi connectivity index (χ0) is 9.78. The molecule has 4 heteroatoms. The molecule has 0 rings (SSSR count). The van der Waals surface area contributed by atoms with Crippen LogP contribution in [0.5, 0.6) is 0 Å². The van der Waals surface area contributed by atoms with E-state index in [1.165, 1.54) is 0 Å². The van der Waals surface area contributed by atoms with Gasteiger partial charge in [0.15, 0.2) is 0 Å². The molecule has 0 heterocycles. The normalized spacial score (nSPS) is 17.4. The zero-order valence-electron chi connectivity index (χ0n) is 8.26. The summed E-state index contributed by atoms with van der Waals surface area (Å²) in [6, 6.07) is 0. The molecule has 0 aromatic heterocycles. The third kappa shape index (κ3) is 6.76. The highest BCUT2D eigenvalue weighted by Crippen LogP contribution is 1.97. The van der Waals surface area contributed by atoms with E-state index in [1.807, 2.05) is 6.92 Å². The van der Waals surface area contributed by atoms with Crippen LogP contribution in [0, 0.1) is 0 Å². The molecule has 0 saturated carbocycles. The second kappa shape index (κ2) is 4.94. The highest BCUT2D eigenvalue weighted by Gasteiger charge is 2.12. The Labute approximate surface area is 77.0 Å². The molecule has 2 atom stereocenters. The molecule has 0 aliphatic rings. The maximum atomic E-state index is 10.9. The lowest BCUT2D eigenvalue weighted by Gasteiger charge is -2.19. The van der Waals surface area contributed by atoms with Crippen LogP contribution >= 0.6 is 0 Å². The van der Waals surface area contributed by atoms with Gasteiger partial charge < -0.3 is 10.4 Å². The summed E-state index contributed by atoms with van der Waals surface area (Å²) >= 11 is 0. The van der Waals surface area contributed by atoms with Gasteiger partial charge in [-0.1, -0.05) is 0 Å². The summed E-state index contributed by atoms with van der Waals surface area (Å²) in [7, 11) is -0.783. The smallest absolute Gasteiger partial charge is 0.0715 e. The number of hydrogen-bond donors (Lipinski definition) is 2. The van der Waals surface area contributed by atoms with E-state index < -0.39 is 16.4 Å². The maximum absolute atomic E-state index is 10.9. The Kier molecular flexibility index (Phi) is 4.97. The summed E-state index contributed by atoms with van der Waals surface area (Å²) in [6.45, 7) is 6.64. The second-order valence-corrected chi connectivity index (χ2v) is 5.55. The quantitative estimate of drug-likeness (QED) is 0.652. The van der Waals surface area contributed by atoms with Gasteiger partial charge in [-0.3, -0.25) is 4.21 Å². The zero-order valence-corrected chi connectivity index (χ0v) is 9.07. The van der Waals surface area contributed by atoms with Crippen LogP contribution in [-0.4, -0.2) is 39.5 Å². The average molecular weight is 193 g/mol. The third-order valence-electron chi connectivity index (χ3n) is 1.56. The summed E-state index contributed by atoms with van der Waals surface area (Å²) in [5.74, 6) is 0. The van der Waals surface area contributed by atoms with Gasteiger partial charge in [-0.2, -0.15) is 0 Å². The first kappa shape index (κ1) is 12.1. The van der Waals surface area contributed by atoms with Gasteiger partial charge in [0.1, 0.15) is 0 Å². The fraction of sp³-hybridized carbons (Fsp3) is 1.00. The minimum absolute atomic E-state index is 0.146.